The van der Waals surface area contributed by atoms with Crippen LogP contribution < -0.4 is 11.1 Å². The second kappa shape index (κ2) is 8.41. The molecule has 2 aromatic carbocycles. The molecule has 1 aliphatic rings. The number of nitrogens with two attached hydrogens (primary N) is 1. The Morgan fingerprint density at radius 1 is 1.00 bits per heavy atom. The van der Waals surface area contributed by atoms with Crippen LogP contribution in [-0.2, 0) is 10.2 Å². The summed E-state index contributed by atoms with van der Waals surface area (Å²) in [7, 11) is 0. The van der Waals surface area contributed by atoms with Gasteiger partial charge in [0.1, 0.15) is 0 Å². The van der Waals surface area contributed by atoms with Crippen LogP contribution >= 0.6 is 11.8 Å². The molecule has 1 aliphatic carbocycles. The Morgan fingerprint density at radius 2 is 1.65 bits per heavy atom. The molecule has 2 aromatic rings. The summed E-state index contributed by atoms with van der Waals surface area (Å²) in [4.78, 5) is 24.6. The van der Waals surface area contributed by atoms with Crippen LogP contribution in [0.1, 0.15) is 41.6 Å². The van der Waals surface area contributed by atoms with Crippen molar-refractivity contribution in [3.05, 3.63) is 65.7 Å². The number of hydrogen-bond donors (Lipinski definition) is 2. The normalized spacial score (nSPS) is 15.5. The van der Waals surface area contributed by atoms with E-state index >= 15 is 0 Å². The van der Waals surface area contributed by atoms with Crippen LogP contribution in [0.3, 0.4) is 0 Å². The zero-order valence-electron chi connectivity index (χ0n) is 14.7. The van der Waals surface area contributed by atoms with Crippen LogP contribution in [0.5, 0.6) is 0 Å². The Morgan fingerprint density at radius 3 is 2.35 bits per heavy atom. The lowest BCUT2D eigenvalue weighted by molar-refractivity contribution is -0.115. The molecule has 2 amide bonds. The Kier molecular flexibility index (Phi) is 5.99. The summed E-state index contributed by atoms with van der Waals surface area (Å²) in [6.07, 6.45) is 4.57. The summed E-state index contributed by atoms with van der Waals surface area (Å²) < 4.78 is 0. The summed E-state index contributed by atoms with van der Waals surface area (Å²) >= 11 is 1.30. The monoisotopic (exact) mass is 368 g/mol. The molecule has 0 aliphatic heterocycles. The van der Waals surface area contributed by atoms with E-state index in [4.69, 9.17) is 5.73 Å². The molecule has 3 rings (SSSR count). The molecular weight excluding hydrogens is 344 g/mol. The van der Waals surface area contributed by atoms with Crippen LogP contribution in [0.2, 0.25) is 0 Å². The molecular formula is C21H24N2O2S. The molecule has 0 bridgehead atoms. The molecule has 1 saturated carbocycles. The molecule has 0 saturated heterocycles. The third-order valence-electron chi connectivity index (χ3n) is 5.04. The van der Waals surface area contributed by atoms with Gasteiger partial charge in [-0.1, -0.05) is 55.3 Å². The van der Waals surface area contributed by atoms with Crippen LogP contribution in [0.15, 0.2) is 59.5 Å². The molecule has 0 aromatic heterocycles. The van der Waals surface area contributed by atoms with Crippen LogP contribution in [0.4, 0.5) is 0 Å². The van der Waals surface area contributed by atoms with Gasteiger partial charge in [-0.05, 0) is 30.5 Å². The highest BCUT2D eigenvalue weighted by Crippen LogP contribution is 2.40. The number of amides is 2. The fourth-order valence-corrected chi connectivity index (χ4v) is 4.47. The molecule has 26 heavy (non-hydrogen) atoms. The van der Waals surface area contributed by atoms with E-state index in [1.807, 2.05) is 24.3 Å². The summed E-state index contributed by atoms with van der Waals surface area (Å²) in [5, 5.41) is 3.14. The summed E-state index contributed by atoms with van der Waals surface area (Å²) in [5.41, 5.74) is 7.15. The zero-order valence-corrected chi connectivity index (χ0v) is 15.6. The molecule has 3 N–H and O–H groups in total. The van der Waals surface area contributed by atoms with Gasteiger partial charge >= 0.3 is 0 Å². The summed E-state index contributed by atoms with van der Waals surface area (Å²) in [5.74, 6) is -0.322. The first-order valence-electron chi connectivity index (χ1n) is 8.95. The van der Waals surface area contributed by atoms with Gasteiger partial charge in [-0.3, -0.25) is 9.59 Å². The second-order valence-corrected chi connectivity index (χ2v) is 7.80. The molecule has 136 valence electrons. The van der Waals surface area contributed by atoms with E-state index in [0.717, 1.165) is 17.7 Å². The van der Waals surface area contributed by atoms with E-state index in [2.05, 4.69) is 29.6 Å². The first-order valence-corrected chi connectivity index (χ1v) is 9.93. The quantitative estimate of drug-likeness (QED) is 0.735. The lowest BCUT2D eigenvalue weighted by atomic mass is 9.79. The fraction of sp³-hybridized carbons (Fsp3) is 0.333. The van der Waals surface area contributed by atoms with Crippen molar-refractivity contribution in [2.75, 3.05) is 12.3 Å². The molecule has 0 unspecified atom stereocenters. The lowest BCUT2D eigenvalue weighted by Crippen LogP contribution is -2.39. The van der Waals surface area contributed by atoms with Gasteiger partial charge in [-0.25, -0.2) is 0 Å². The smallest absolute Gasteiger partial charge is 0.252 e. The minimum absolute atomic E-state index is 0.0201. The van der Waals surface area contributed by atoms with Gasteiger partial charge < -0.3 is 11.1 Å². The molecule has 0 spiro atoms. The van der Waals surface area contributed by atoms with E-state index in [-0.39, 0.29) is 23.0 Å². The average molecular weight is 369 g/mol. The van der Waals surface area contributed by atoms with E-state index < -0.39 is 0 Å². The number of carbonyl (C=O) groups excluding carboxylic acids is 2. The fourth-order valence-electron chi connectivity index (χ4n) is 3.68. The lowest BCUT2D eigenvalue weighted by Gasteiger charge is -2.30. The Labute approximate surface area is 158 Å². The summed E-state index contributed by atoms with van der Waals surface area (Å²) in [6.45, 7) is 0.630. The molecule has 0 heterocycles. The SMILES string of the molecule is NC(=O)CSc1ccccc1C(=O)NCC1(c2ccccc2)CCCC1. The number of thioether (sulfide) groups is 1. The Balaban J connectivity index is 1.73. The van der Waals surface area contributed by atoms with Crippen molar-refractivity contribution in [2.45, 2.75) is 36.0 Å². The van der Waals surface area contributed by atoms with Gasteiger partial charge in [-0.2, -0.15) is 0 Å². The number of primary amides is 1. The number of nitrogens with one attached hydrogen (secondary N) is 1. The van der Waals surface area contributed by atoms with Gasteiger partial charge in [0, 0.05) is 16.9 Å². The highest BCUT2D eigenvalue weighted by atomic mass is 32.2. The maximum Gasteiger partial charge on any atom is 0.252 e. The Bertz CT molecular complexity index is 771. The zero-order chi connectivity index (χ0) is 18.4. The van der Waals surface area contributed by atoms with Gasteiger partial charge in [0.15, 0.2) is 0 Å². The van der Waals surface area contributed by atoms with Crippen molar-refractivity contribution < 1.29 is 9.59 Å². The predicted molar refractivity (Wildman–Crippen MR) is 105 cm³/mol. The van der Waals surface area contributed by atoms with E-state index in [1.165, 1.54) is 30.2 Å². The maximum absolute atomic E-state index is 12.8. The number of rotatable bonds is 7. The predicted octanol–water partition coefficient (Wildman–Crippen LogP) is 3.51. The maximum atomic E-state index is 12.8. The van der Waals surface area contributed by atoms with Crippen molar-refractivity contribution in [3.63, 3.8) is 0 Å². The van der Waals surface area contributed by atoms with Crippen LogP contribution in [-0.4, -0.2) is 24.1 Å². The van der Waals surface area contributed by atoms with Crippen molar-refractivity contribution in [2.24, 2.45) is 5.73 Å². The molecule has 0 atom stereocenters. The van der Waals surface area contributed by atoms with Gasteiger partial charge in [0.2, 0.25) is 5.91 Å². The van der Waals surface area contributed by atoms with Gasteiger partial charge in [0.25, 0.3) is 5.91 Å². The molecule has 0 radical (unpaired) electrons. The standard InChI is InChI=1S/C21H24N2O2S/c22-19(24)14-26-18-11-5-4-10-17(18)20(25)23-15-21(12-6-7-13-21)16-8-2-1-3-9-16/h1-5,8-11H,6-7,12-15H2,(H2,22,24)(H,23,25). The highest BCUT2D eigenvalue weighted by molar-refractivity contribution is 8.00. The third-order valence-corrected chi connectivity index (χ3v) is 6.13. The third kappa shape index (κ3) is 4.28. The first kappa shape index (κ1) is 18.5. The largest absolute Gasteiger partial charge is 0.369 e. The van der Waals surface area contributed by atoms with Crippen molar-refractivity contribution in [3.8, 4) is 0 Å². The minimum Gasteiger partial charge on any atom is -0.369 e. The Hall–Kier alpha value is -2.27. The number of carbonyl (C=O) groups is 2. The molecule has 1 fully saturated rings. The number of benzene rings is 2. The average Bonchev–Trinajstić information content (AvgIpc) is 3.15. The van der Waals surface area contributed by atoms with Gasteiger partial charge in [-0.15, -0.1) is 11.8 Å². The molecule has 4 nitrogen and oxygen atoms in total. The summed E-state index contributed by atoms with van der Waals surface area (Å²) in [6, 6.07) is 17.8. The van der Waals surface area contributed by atoms with E-state index in [1.54, 1.807) is 6.07 Å². The topological polar surface area (TPSA) is 72.2 Å². The second-order valence-electron chi connectivity index (χ2n) is 6.79. The van der Waals surface area contributed by atoms with E-state index in [9.17, 15) is 9.59 Å². The van der Waals surface area contributed by atoms with Crippen LogP contribution in [0.25, 0.3) is 0 Å². The minimum atomic E-state index is -0.390. The number of hydrogen-bond acceptors (Lipinski definition) is 3. The van der Waals surface area contributed by atoms with Crippen molar-refractivity contribution in [1.82, 2.24) is 5.32 Å². The van der Waals surface area contributed by atoms with Crippen molar-refractivity contribution in [1.29, 1.82) is 0 Å². The molecule has 5 heteroatoms. The van der Waals surface area contributed by atoms with E-state index in [0.29, 0.717) is 12.1 Å². The first-order chi connectivity index (χ1) is 12.6. The van der Waals surface area contributed by atoms with Crippen molar-refractivity contribution >= 4 is 23.6 Å². The van der Waals surface area contributed by atoms with Gasteiger partial charge in [0.05, 0.1) is 11.3 Å². The van der Waals surface area contributed by atoms with Crippen LogP contribution in [0, 0.1) is 0 Å². The highest BCUT2D eigenvalue weighted by Gasteiger charge is 2.35.